The van der Waals surface area contributed by atoms with Gasteiger partial charge in [-0.05, 0) is 35.4 Å². The zero-order valence-corrected chi connectivity index (χ0v) is 13.2. The van der Waals surface area contributed by atoms with Crippen LogP contribution in [-0.2, 0) is 6.54 Å². The van der Waals surface area contributed by atoms with Crippen LogP contribution in [0, 0.1) is 0 Å². The summed E-state index contributed by atoms with van der Waals surface area (Å²) in [4.78, 5) is 0. The summed E-state index contributed by atoms with van der Waals surface area (Å²) < 4.78 is 5.20. The average Bonchev–Trinajstić information content (AvgIpc) is 2.50. The van der Waals surface area contributed by atoms with E-state index >= 15 is 0 Å². The van der Waals surface area contributed by atoms with Gasteiger partial charge < -0.3 is 15.2 Å². The summed E-state index contributed by atoms with van der Waals surface area (Å²) in [5.74, 6) is 0.761. The molecule has 0 aromatic heterocycles. The number of halogens is 2. The molecule has 2 aromatic rings. The maximum atomic E-state index is 9.58. The number of aliphatic hydroxyl groups is 1. The molecular weight excluding hydrogens is 309 g/mol. The maximum Gasteiger partial charge on any atom is 0.119 e. The van der Waals surface area contributed by atoms with Crippen LogP contribution in [0.15, 0.2) is 42.5 Å². The quantitative estimate of drug-likeness (QED) is 0.848. The summed E-state index contributed by atoms with van der Waals surface area (Å²) in [6.07, 6.45) is 0. The van der Waals surface area contributed by atoms with E-state index in [-0.39, 0.29) is 12.6 Å². The molecule has 21 heavy (non-hydrogen) atoms. The van der Waals surface area contributed by atoms with Gasteiger partial charge in [0.25, 0.3) is 0 Å². The van der Waals surface area contributed by atoms with E-state index in [9.17, 15) is 5.11 Å². The summed E-state index contributed by atoms with van der Waals surface area (Å²) in [7, 11) is 1.62. The molecule has 1 atom stereocenters. The Bertz CT molecular complexity index is 605. The molecule has 0 heterocycles. The minimum Gasteiger partial charge on any atom is -0.497 e. The second-order valence-electron chi connectivity index (χ2n) is 4.63. The molecule has 2 N–H and O–H groups in total. The highest BCUT2D eigenvalue weighted by Gasteiger charge is 2.11. The molecule has 0 aliphatic heterocycles. The third-order valence-corrected chi connectivity index (χ3v) is 3.82. The number of methoxy groups -OCH3 is 1. The van der Waals surface area contributed by atoms with Crippen LogP contribution >= 0.6 is 23.2 Å². The Morgan fingerprint density at radius 1 is 1.19 bits per heavy atom. The normalized spacial score (nSPS) is 12.2. The molecule has 0 amide bonds. The van der Waals surface area contributed by atoms with E-state index in [1.54, 1.807) is 19.2 Å². The van der Waals surface area contributed by atoms with Crippen molar-refractivity contribution in [2.24, 2.45) is 0 Å². The standard InChI is InChI=1S/C16H17Cl2NO2/c1-21-14-4-2-3-11(7-14)16(10-20)19-9-12-5-6-13(17)8-15(12)18/h2-8,16,19-20H,9-10H2,1H3. The Morgan fingerprint density at radius 2 is 2.00 bits per heavy atom. The molecule has 0 aliphatic rings. The number of benzene rings is 2. The fourth-order valence-electron chi connectivity index (χ4n) is 2.04. The third kappa shape index (κ3) is 4.35. The van der Waals surface area contributed by atoms with Crippen molar-refractivity contribution in [3.05, 3.63) is 63.6 Å². The van der Waals surface area contributed by atoms with Gasteiger partial charge in [-0.1, -0.05) is 41.4 Å². The minimum absolute atomic E-state index is 0.0155. The smallest absolute Gasteiger partial charge is 0.119 e. The van der Waals surface area contributed by atoms with Gasteiger partial charge in [-0.3, -0.25) is 0 Å². The fraction of sp³-hybridized carbons (Fsp3) is 0.250. The van der Waals surface area contributed by atoms with Crippen molar-refractivity contribution in [3.8, 4) is 5.75 Å². The number of ether oxygens (including phenoxy) is 1. The Kier molecular flexibility index (Phi) is 5.88. The molecule has 112 valence electrons. The summed E-state index contributed by atoms with van der Waals surface area (Å²) in [6, 6.07) is 12.8. The molecule has 0 saturated heterocycles. The van der Waals surface area contributed by atoms with Gasteiger partial charge in [0.1, 0.15) is 5.75 Å². The maximum absolute atomic E-state index is 9.58. The highest BCUT2D eigenvalue weighted by molar-refractivity contribution is 6.35. The van der Waals surface area contributed by atoms with Gasteiger partial charge in [0.15, 0.2) is 0 Å². The molecule has 0 spiro atoms. The van der Waals surface area contributed by atoms with Crippen LogP contribution in [0.4, 0.5) is 0 Å². The van der Waals surface area contributed by atoms with Crippen molar-refractivity contribution in [1.82, 2.24) is 5.32 Å². The largest absolute Gasteiger partial charge is 0.497 e. The molecule has 3 nitrogen and oxygen atoms in total. The van der Waals surface area contributed by atoms with Crippen LogP contribution in [0.5, 0.6) is 5.75 Å². The van der Waals surface area contributed by atoms with Crippen LogP contribution in [0.25, 0.3) is 0 Å². The van der Waals surface area contributed by atoms with Crippen molar-refractivity contribution in [3.63, 3.8) is 0 Å². The molecule has 0 radical (unpaired) electrons. The second kappa shape index (κ2) is 7.66. The first-order valence-electron chi connectivity index (χ1n) is 6.56. The van der Waals surface area contributed by atoms with E-state index in [2.05, 4.69) is 5.32 Å². The Balaban J connectivity index is 2.08. The van der Waals surface area contributed by atoms with E-state index in [0.717, 1.165) is 16.9 Å². The summed E-state index contributed by atoms with van der Waals surface area (Å²) in [5.41, 5.74) is 1.89. The van der Waals surface area contributed by atoms with Crippen molar-refractivity contribution in [1.29, 1.82) is 0 Å². The number of aliphatic hydroxyl groups excluding tert-OH is 1. The van der Waals surface area contributed by atoms with Crippen LogP contribution < -0.4 is 10.1 Å². The van der Waals surface area contributed by atoms with Gasteiger partial charge in [0.2, 0.25) is 0 Å². The SMILES string of the molecule is COc1cccc(C(CO)NCc2ccc(Cl)cc2Cl)c1. The van der Waals surface area contributed by atoms with Gasteiger partial charge >= 0.3 is 0 Å². The molecule has 0 bridgehead atoms. The Morgan fingerprint density at radius 3 is 2.67 bits per heavy atom. The van der Waals surface area contributed by atoms with Crippen LogP contribution in [0.2, 0.25) is 10.0 Å². The highest BCUT2D eigenvalue weighted by Crippen LogP contribution is 2.23. The third-order valence-electron chi connectivity index (χ3n) is 3.23. The van der Waals surface area contributed by atoms with E-state index < -0.39 is 0 Å². The van der Waals surface area contributed by atoms with Crippen LogP contribution in [-0.4, -0.2) is 18.8 Å². The molecular formula is C16H17Cl2NO2. The zero-order valence-electron chi connectivity index (χ0n) is 11.6. The van der Waals surface area contributed by atoms with E-state index in [4.69, 9.17) is 27.9 Å². The monoisotopic (exact) mass is 325 g/mol. The van der Waals surface area contributed by atoms with Crippen LogP contribution in [0.1, 0.15) is 17.2 Å². The van der Waals surface area contributed by atoms with Crippen molar-refractivity contribution >= 4 is 23.2 Å². The Labute approximate surface area is 134 Å². The first kappa shape index (κ1) is 16.1. The van der Waals surface area contributed by atoms with Gasteiger partial charge in [0, 0.05) is 16.6 Å². The van der Waals surface area contributed by atoms with Crippen molar-refractivity contribution in [2.45, 2.75) is 12.6 Å². The molecule has 2 aromatic carbocycles. The lowest BCUT2D eigenvalue weighted by Crippen LogP contribution is -2.24. The number of hydrogen-bond donors (Lipinski definition) is 2. The molecule has 2 rings (SSSR count). The first-order chi connectivity index (χ1) is 10.1. The van der Waals surface area contributed by atoms with E-state index in [1.165, 1.54) is 0 Å². The molecule has 1 unspecified atom stereocenters. The fourth-order valence-corrected chi connectivity index (χ4v) is 2.52. The zero-order chi connectivity index (χ0) is 15.2. The Hall–Kier alpha value is -1.26. The van der Waals surface area contributed by atoms with Gasteiger partial charge in [-0.2, -0.15) is 0 Å². The number of rotatable bonds is 6. The van der Waals surface area contributed by atoms with E-state index in [1.807, 2.05) is 30.3 Å². The lowest BCUT2D eigenvalue weighted by atomic mass is 10.1. The molecule has 0 saturated carbocycles. The highest BCUT2D eigenvalue weighted by atomic mass is 35.5. The number of nitrogens with one attached hydrogen (secondary N) is 1. The predicted octanol–water partition coefficient (Wildman–Crippen LogP) is 3.83. The van der Waals surface area contributed by atoms with Crippen molar-refractivity contribution in [2.75, 3.05) is 13.7 Å². The minimum atomic E-state index is -0.188. The van der Waals surface area contributed by atoms with Gasteiger partial charge in [0.05, 0.1) is 19.8 Å². The van der Waals surface area contributed by atoms with Crippen LogP contribution in [0.3, 0.4) is 0 Å². The second-order valence-corrected chi connectivity index (χ2v) is 5.47. The van der Waals surface area contributed by atoms with E-state index in [0.29, 0.717) is 16.6 Å². The first-order valence-corrected chi connectivity index (χ1v) is 7.31. The predicted molar refractivity (Wildman–Crippen MR) is 86.1 cm³/mol. The molecule has 0 aliphatic carbocycles. The topological polar surface area (TPSA) is 41.5 Å². The number of hydrogen-bond acceptors (Lipinski definition) is 3. The summed E-state index contributed by atoms with van der Waals surface area (Å²) in [6.45, 7) is 0.525. The average molecular weight is 326 g/mol. The van der Waals surface area contributed by atoms with Gasteiger partial charge in [-0.15, -0.1) is 0 Å². The summed E-state index contributed by atoms with van der Waals surface area (Å²) >= 11 is 12.0. The van der Waals surface area contributed by atoms with Gasteiger partial charge in [-0.25, -0.2) is 0 Å². The lowest BCUT2D eigenvalue weighted by molar-refractivity contribution is 0.243. The van der Waals surface area contributed by atoms with Crippen molar-refractivity contribution < 1.29 is 9.84 Å². The lowest BCUT2D eigenvalue weighted by Gasteiger charge is -2.18. The molecule has 0 fully saturated rings. The summed E-state index contributed by atoms with van der Waals surface area (Å²) in [5, 5.41) is 14.1. The molecule has 5 heteroatoms.